The van der Waals surface area contributed by atoms with Gasteiger partial charge in [-0.05, 0) is 54.6 Å². The van der Waals surface area contributed by atoms with Gasteiger partial charge >= 0.3 is 0 Å². The summed E-state index contributed by atoms with van der Waals surface area (Å²) in [5, 5.41) is 2.68. The van der Waals surface area contributed by atoms with Crippen LogP contribution >= 0.6 is 0 Å². The molecule has 8 nitrogen and oxygen atoms in total. The van der Waals surface area contributed by atoms with Crippen molar-refractivity contribution < 1.29 is 22.7 Å². The van der Waals surface area contributed by atoms with Crippen molar-refractivity contribution in [3.63, 3.8) is 0 Å². The maximum atomic E-state index is 12.5. The molecular weight excluding hydrogens is 394 g/mol. The van der Waals surface area contributed by atoms with Gasteiger partial charge in [0.05, 0.1) is 31.0 Å². The molecular formula is C20H19N3O5S. The number of anilines is 2. The number of amides is 1. The number of hydrogen-bond donors (Lipinski definition) is 2. The number of aromatic nitrogens is 1. The Morgan fingerprint density at radius 3 is 2.07 bits per heavy atom. The van der Waals surface area contributed by atoms with Gasteiger partial charge in [0.1, 0.15) is 5.75 Å². The fraction of sp³-hybridized carbons (Fsp3) is 0.100. The highest BCUT2D eigenvalue weighted by atomic mass is 32.2. The molecule has 0 saturated carbocycles. The van der Waals surface area contributed by atoms with E-state index in [1.165, 1.54) is 44.7 Å². The van der Waals surface area contributed by atoms with Crippen molar-refractivity contribution in [1.82, 2.24) is 4.98 Å². The van der Waals surface area contributed by atoms with E-state index in [-0.39, 0.29) is 10.8 Å². The highest BCUT2D eigenvalue weighted by Crippen LogP contribution is 2.20. The van der Waals surface area contributed by atoms with E-state index in [0.717, 1.165) is 0 Å². The first-order valence-corrected chi connectivity index (χ1v) is 9.98. The van der Waals surface area contributed by atoms with Gasteiger partial charge in [0, 0.05) is 17.3 Å². The number of carbonyl (C=O) groups is 1. The number of sulfonamides is 1. The first-order chi connectivity index (χ1) is 13.9. The third kappa shape index (κ3) is 5.02. The minimum Gasteiger partial charge on any atom is -0.497 e. The smallest absolute Gasteiger partial charge is 0.261 e. The largest absolute Gasteiger partial charge is 0.497 e. The van der Waals surface area contributed by atoms with Gasteiger partial charge in [0.15, 0.2) is 0 Å². The Labute approximate surface area is 168 Å². The molecule has 150 valence electrons. The van der Waals surface area contributed by atoms with E-state index < -0.39 is 10.0 Å². The van der Waals surface area contributed by atoms with Crippen LogP contribution in [0.2, 0.25) is 0 Å². The van der Waals surface area contributed by atoms with Crippen molar-refractivity contribution in [2.45, 2.75) is 4.90 Å². The zero-order chi connectivity index (χ0) is 20.9. The molecule has 0 bridgehead atoms. The van der Waals surface area contributed by atoms with Gasteiger partial charge in [-0.25, -0.2) is 13.4 Å². The minimum atomic E-state index is -3.79. The number of nitrogens with one attached hydrogen (secondary N) is 2. The lowest BCUT2D eigenvalue weighted by Crippen LogP contribution is -2.15. The van der Waals surface area contributed by atoms with Crippen molar-refractivity contribution in [2.75, 3.05) is 24.3 Å². The number of benzene rings is 2. The van der Waals surface area contributed by atoms with Crippen LogP contribution in [0.3, 0.4) is 0 Å². The molecule has 0 saturated heterocycles. The topological polar surface area (TPSA) is 107 Å². The van der Waals surface area contributed by atoms with Crippen molar-refractivity contribution in [3.8, 4) is 11.6 Å². The molecule has 0 atom stereocenters. The third-order valence-corrected chi connectivity index (χ3v) is 5.37. The Morgan fingerprint density at radius 1 is 0.862 bits per heavy atom. The molecule has 3 rings (SSSR count). The Bertz CT molecular complexity index is 1080. The van der Waals surface area contributed by atoms with Gasteiger partial charge in [-0.15, -0.1) is 0 Å². The molecule has 1 amide bonds. The molecule has 29 heavy (non-hydrogen) atoms. The highest BCUT2D eigenvalue weighted by Gasteiger charge is 2.15. The molecule has 0 radical (unpaired) electrons. The molecule has 0 unspecified atom stereocenters. The standard InChI is InChI=1S/C20H19N3O5S/c1-27-17-8-5-15(6-9-17)23-29(25,26)18-10-3-14(4-11-18)20(24)22-16-7-12-19(28-2)21-13-16/h3-13,23H,1-2H3,(H,22,24). The Hall–Kier alpha value is -3.59. The van der Waals surface area contributed by atoms with Crippen LogP contribution in [0.15, 0.2) is 71.8 Å². The van der Waals surface area contributed by atoms with Crippen molar-refractivity contribution in [2.24, 2.45) is 0 Å². The summed E-state index contributed by atoms with van der Waals surface area (Å²) < 4.78 is 37.5. The fourth-order valence-corrected chi connectivity index (χ4v) is 3.50. The Morgan fingerprint density at radius 2 is 1.52 bits per heavy atom. The summed E-state index contributed by atoms with van der Waals surface area (Å²) in [4.78, 5) is 16.4. The van der Waals surface area contributed by atoms with Gasteiger partial charge in [-0.3, -0.25) is 9.52 Å². The predicted molar refractivity (Wildman–Crippen MR) is 109 cm³/mol. The van der Waals surface area contributed by atoms with Crippen LogP contribution in [0.25, 0.3) is 0 Å². The van der Waals surface area contributed by atoms with Crippen molar-refractivity contribution >= 4 is 27.3 Å². The molecule has 0 fully saturated rings. The molecule has 1 aromatic heterocycles. The Kier molecular flexibility index (Phi) is 5.99. The van der Waals surface area contributed by atoms with Crippen LogP contribution in [0, 0.1) is 0 Å². The second kappa shape index (κ2) is 8.61. The quantitative estimate of drug-likeness (QED) is 0.616. The summed E-state index contributed by atoms with van der Waals surface area (Å²) in [5.74, 6) is 0.668. The van der Waals surface area contributed by atoms with E-state index in [1.54, 1.807) is 36.4 Å². The minimum absolute atomic E-state index is 0.0379. The van der Waals surface area contributed by atoms with Crippen LogP contribution < -0.4 is 19.5 Å². The first-order valence-electron chi connectivity index (χ1n) is 8.49. The number of rotatable bonds is 7. The molecule has 0 aliphatic heterocycles. The molecule has 0 aliphatic rings. The fourth-order valence-electron chi connectivity index (χ4n) is 2.44. The third-order valence-electron chi connectivity index (χ3n) is 3.97. The SMILES string of the molecule is COc1ccc(NS(=O)(=O)c2ccc(C(=O)Nc3ccc(OC)nc3)cc2)cc1. The van der Waals surface area contributed by atoms with E-state index in [0.29, 0.717) is 28.6 Å². The first kappa shape index (κ1) is 20.2. The zero-order valence-corrected chi connectivity index (χ0v) is 16.6. The van der Waals surface area contributed by atoms with E-state index in [9.17, 15) is 13.2 Å². The molecule has 9 heteroatoms. The lowest BCUT2D eigenvalue weighted by molar-refractivity contribution is 0.102. The number of ether oxygens (including phenoxy) is 2. The number of hydrogen-bond acceptors (Lipinski definition) is 6. The summed E-state index contributed by atoms with van der Waals surface area (Å²) in [6.45, 7) is 0. The van der Waals surface area contributed by atoms with E-state index >= 15 is 0 Å². The second-order valence-corrected chi connectivity index (χ2v) is 7.58. The molecule has 2 N–H and O–H groups in total. The molecule has 1 heterocycles. The number of carbonyl (C=O) groups excluding carboxylic acids is 1. The van der Waals surface area contributed by atoms with Gasteiger partial charge in [0.2, 0.25) is 5.88 Å². The van der Waals surface area contributed by atoms with E-state index in [2.05, 4.69) is 15.0 Å². The van der Waals surface area contributed by atoms with Gasteiger partial charge in [-0.1, -0.05) is 0 Å². The predicted octanol–water partition coefficient (Wildman–Crippen LogP) is 3.15. The maximum absolute atomic E-state index is 12.5. The highest BCUT2D eigenvalue weighted by molar-refractivity contribution is 7.92. The lowest BCUT2D eigenvalue weighted by atomic mass is 10.2. The molecule has 0 aliphatic carbocycles. The molecule has 2 aromatic carbocycles. The van der Waals surface area contributed by atoms with Crippen LogP contribution in [-0.2, 0) is 10.0 Å². The lowest BCUT2D eigenvalue weighted by Gasteiger charge is -2.10. The summed E-state index contributed by atoms with van der Waals surface area (Å²) >= 11 is 0. The van der Waals surface area contributed by atoms with E-state index in [4.69, 9.17) is 9.47 Å². The van der Waals surface area contributed by atoms with Crippen LogP contribution in [0.4, 0.5) is 11.4 Å². The second-order valence-electron chi connectivity index (χ2n) is 5.90. The number of nitrogens with zero attached hydrogens (tertiary/aromatic N) is 1. The van der Waals surface area contributed by atoms with Gasteiger partial charge in [-0.2, -0.15) is 0 Å². The normalized spacial score (nSPS) is 10.8. The summed E-state index contributed by atoms with van der Waals surface area (Å²) in [5.41, 5.74) is 1.21. The van der Waals surface area contributed by atoms with Crippen molar-refractivity contribution in [1.29, 1.82) is 0 Å². The van der Waals surface area contributed by atoms with Crippen LogP contribution in [0.1, 0.15) is 10.4 Å². The summed E-state index contributed by atoms with van der Waals surface area (Å²) in [7, 11) is -0.759. The van der Waals surface area contributed by atoms with Crippen LogP contribution in [-0.4, -0.2) is 33.5 Å². The number of methoxy groups -OCH3 is 2. The average Bonchev–Trinajstić information content (AvgIpc) is 2.74. The van der Waals surface area contributed by atoms with Gasteiger partial charge in [0.25, 0.3) is 15.9 Å². The summed E-state index contributed by atoms with van der Waals surface area (Å²) in [6.07, 6.45) is 1.47. The zero-order valence-electron chi connectivity index (χ0n) is 15.7. The molecule has 0 spiro atoms. The summed E-state index contributed by atoms with van der Waals surface area (Å²) in [6, 6.07) is 15.4. The maximum Gasteiger partial charge on any atom is 0.261 e. The number of pyridine rings is 1. The molecule has 3 aromatic rings. The monoisotopic (exact) mass is 413 g/mol. The van der Waals surface area contributed by atoms with Crippen LogP contribution in [0.5, 0.6) is 11.6 Å². The van der Waals surface area contributed by atoms with Crippen molar-refractivity contribution in [3.05, 3.63) is 72.4 Å². The average molecular weight is 413 g/mol. The van der Waals surface area contributed by atoms with E-state index in [1.807, 2.05) is 0 Å². The Balaban J connectivity index is 1.69. The van der Waals surface area contributed by atoms with Gasteiger partial charge < -0.3 is 14.8 Å².